The van der Waals surface area contributed by atoms with E-state index in [1.165, 1.54) is 6.33 Å². The number of nitrogens with one attached hydrogen (secondary N) is 2. The molecule has 0 aliphatic carbocycles. The van der Waals surface area contributed by atoms with Gasteiger partial charge in [0.1, 0.15) is 22.4 Å². The molecule has 1 rings (SSSR count). The number of anilines is 2. The first-order valence-corrected chi connectivity index (χ1v) is 5.19. The summed E-state index contributed by atoms with van der Waals surface area (Å²) >= 11 is 3.32. The van der Waals surface area contributed by atoms with Crippen LogP contribution in [0.2, 0.25) is 0 Å². The summed E-state index contributed by atoms with van der Waals surface area (Å²) in [7, 11) is 1.75. The van der Waals surface area contributed by atoms with Crippen LogP contribution in [0, 0.1) is 0 Å². The molecule has 1 aromatic rings. The lowest BCUT2D eigenvalue weighted by Gasteiger charge is -2.11. The lowest BCUT2D eigenvalue weighted by Crippen LogP contribution is -2.23. The van der Waals surface area contributed by atoms with Crippen molar-refractivity contribution in [3.8, 4) is 0 Å². The van der Waals surface area contributed by atoms with E-state index >= 15 is 0 Å². The van der Waals surface area contributed by atoms with Gasteiger partial charge in [0, 0.05) is 13.6 Å². The van der Waals surface area contributed by atoms with Crippen LogP contribution in [0.1, 0.15) is 0 Å². The number of nitrogens with zero attached hydrogens (tertiary/aromatic N) is 2. The number of rotatable bonds is 5. The zero-order valence-electron chi connectivity index (χ0n) is 8.24. The third-order valence-corrected chi connectivity index (χ3v) is 2.49. The summed E-state index contributed by atoms with van der Waals surface area (Å²) in [6.45, 7) is -0.0517. The lowest BCUT2D eigenvalue weighted by molar-refractivity contribution is 0.105. The molecule has 0 fully saturated rings. The standard InChI is InChI=1S/C8H13BrN4O2/c1-10-7-6(9)8(13-4-12-7)11-2-5(15)3-14/h4-5,14-15H,2-3H2,1H3,(H2,10,11,12,13). The molecule has 0 bridgehead atoms. The van der Waals surface area contributed by atoms with Crippen LogP contribution in [0.15, 0.2) is 10.8 Å². The molecule has 0 aliphatic rings. The molecule has 1 aromatic heterocycles. The Hall–Kier alpha value is -0.920. The predicted molar refractivity (Wildman–Crippen MR) is 60.9 cm³/mol. The van der Waals surface area contributed by atoms with Gasteiger partial charge >= 0.3 is 0 Å². The van der Waals surface area contributed by atoms with E-state index in [1.807, 2.05) is 0 Å². The Labute approximate surface area is 95.9 Å². The minimum Gasteiger partial charge on any atom is -0.394 e. The van der Waals surface area contributed by atoms with Gasteiger partial charge in [-0.3, -0.25) is 0 Å². The molecule has 84 valence electrons. The summed E-state index contributed by atoms with van der Waals surface area (Å²) in [5.74, 6) is 1.23. The second kappa shape index (κ2) is 5.84. The monoisotopic (exact) mass is 276 g/mol. The summed E-state index contributed by atoms with van der Waals surface area (Å²) in [6.07, 6.45) is 0.606. The summed E-state index contributed by atoms with van der Waals surface area (Å²) in [5, 5.41) is 23.6. The van der Waals surface area contributed by atoms with Crippen molar-refractivity contribution in [2.45, 2.75) is 6.10 Å². The second-order valence-electron chi connectivity index (χ2n) is 2.85. The number of hydrogen-bond donors (Lipinski definition) is 4. The van der Waals surface area contributed by atoms with E-state index in [4.69, 9.17) is 10.2 Å². The van der Waals surface area contributed by atoms with Crippen LogP contribution in [0.3, 0.4) is 0 Å². The lowest BCUT2D eigenvalue weighted by atomic mass is 10.4. The quantitative estimate of drug-likeness (QED) is 0.608. The Morgan fingerprint density at radius 1 is 1.47 bits per heavy atom. The Bertz CT molecular complexity index is 324. The Morgan fingerprint density at radius 2 is 2.13 bits per heavy atom. The molecule has 0 radical (unpaired) electrons. The Balaban J connectivity index is 2.68. The molecular formula is C8H13BrN4O2. The van der Waals surface area contributed by atoms with E-state index in [2.05, 4.69) is 36.5 Å². The van der Waals surface area contributed by atoms with Crippen molar-refractivity contribution >= 4 is 27.6 Å². The van der Waals surface area contributed by atoms with E-state index in [-0.39, 0.29) is 13.2 Å². The van der Waals surface area contributed by atoms with Gasteiger partial charge in [-0.05, 0) is 15.9 Å². The average Bonchev–Trinajstić information content (AvgIpc) is 2.27. The van der Waals surface area contributed by atoms with Gasteiger partial charge < -0.3 is 20.8 Å². The van der Waals surface area contributed by atoms with Gasteiger partial charge in [0.2, 0.25) is 0 Å². The second-order valence-corrected chi connectivity index (χ2v) is 3.65. The first-order chi connectivity index (χ1) is 7.19. The highest BCUT2D eigenvalue weighted by Crippen LogP contribution is 2.25. The molecule has 4 N–H and O–H groups in total. The molecule has 0 aromatic carbocycles. The summed E-state index contributed by atoms with van der Waals surface area (Å²) in [5.41, 5.74) is 0. The molecule has 0 saturated heterocycles. The Kier molecular flexibility index (Phi) is 4.73. The molecule has 7 heteroatoms. The van der Waals surface area contributed by atoms with Gasteiger partial charge in [-0.25, -0.2) is 9.97 Å². The Morgan fingerprint density at radius 3 is 2.73 bits per heavy atom. The number of aliphatic hydroxyl groups excluding tert-OH is 2. The smallest absolute Gasteiger partial charge is 0.146 e. The van der Waals surface area contributed by atoms with E-state index in [9.17, 15) is 0 Å². The van der Waals surface area contributed by atoms with Crippen LogP contribution >= 0.6 is 15.9 Å². The maximum atomic E-state index is 9.15. The number of hydrogen-bond acceptors (Lipinski definition) is 6. The van der Waals surface area contributed by atoms with Crippen molar-refractivity contribution in [1.29, 1.82) is 0 Å². The molecule has 1 unspecified atom stereocenters. The minimum absolute atomic E-state index is 0.231. The molecular weight excluding hydrogens is 264 g/mol. The third kappa shape index (κ3) is 3.29. The van der Waals surface area contributed by atoms with Crippen molar-refractivity contribution in [1.82, 2.24) is 9.97 Å². The number of halogens is 1. The molecule has 0 amide bonds. The zero-order chi connectivity index (χ0) is 11.3. The SMILES string of the molecule is CNc1ncnc(NCC(O)CO)c1Br. The highest BCUT2D eigenvalue weighted by molar-refractivity contribution is 9.10. The van der Waals surface area contributed by atoms with Crippen LogP contribution in [-0.4, -0.2) is 46.5 Å². The minimum atomic E-state index is -0.801. The molecule has 1 heterocycles. The van der Waals surface area contributed by atoms with Gasteiger partial charge in [0.25, 0.3) is 0 Å². The maximum Gasteiger partial charge on any atom is 0.146 e. The van der Waals surface area contributed by atoms with Crippen LogP contribution < -0.4 is 10.6 Å². The van der Waals surface area contributed by atoms with Crippen LogP contribution in [0.5, 0.6) is 0 Å². The van der Waals surface area contributed by atoms with Gasteiger partial charge in [-0.2, -0.15) is 0 Å². The largest absolute Gasteiger partial charge is 0.394 e. The van der Waals surface area contributed by atoms with E-state index < -0.39 is 6.10 Å². The van der Waals surface area contributed by atoms with Gasteiger partial charge in [-0.15, -0.1) is 0 Å². The summed E-state index contributed by atoms with van der Waals surface area (Å²) in [6, 6.07) is 0. The van der Waals surface area contributed by atoms with E-state index in [0.717, 1.165) is 0 Å². The number of aromatic nitrogens is 2. The van der Waals surface area contributed by atoms with Crippen LogP contribution in [-0.2, 0) is 0 Å². The van der Waals surface area contributed by atoms with E-state index in [1.54, 1.807) is 7.05 Å². The zero-order valence-corrected chi connectivity index (χ0v) is 9.82. The average molecular weight is 277 g/mol. The van der Waals surface area contributed by atoms with Crippen LogP contribution in [0.25, 0.3) is 0 Å². The number of aliphatic hydroxyl groups is 2. The topological polar surface area (TPSA) is 90.3 Å². The highest BCUT2D eigenvalue weighted by atomic mass is 79.9. The van der Waals surface area contributed by atoms with Crippen molar-refractivity contribution in [3.05, 3.63) is 10.8 Å². The van der Waals surface area contributed by atoms with Crippen molar-refractivity contribution < 1.29 is 10.2 Å². The fourth-order valence-corrected chi connectivity index (χ4v) is 1.49. The molecule has 0 spiro atoms. The highest BCUT2D eigenvalue weighted by Gasteiger charge is 2.08. The predicted octanol–water partition coefficient (Wildman–Crippen LogP) is 0.0459. The third-order valence-electron chi connectivity index (χ3n) is 1.74. The molecule has 15 heavy (non-hydrogen) atoms. The molecule has 0 aliphatic heterocycles. The summed E-state index contributed by atoms with van der Waals surface area (Å²) < 4.78 is 0.692. The first kappa shape index (κ1) is 12.2. The van der Waals surface area contributed by atoms with Crippen molar-refractivity contribution in [2.24, 2.45) is 0 Å². The van der Waals surface area contributed by atoms with Crippen LogP contribution in [0.4, 0.5) is 11.6 Å². The summed E-state index contributed by atoms with van der Waals surface area (Å²) in [4.78, 5) is 7.97. The van der Waals surface area contributed by atoms with Crippen molar-refractivity contribution in [3.63, 3.8) is 0 Å². The maximum absolute atomic E-state index is 9.15. The molecule has 0 saturated carbocycles. The van der Waals surface area contributed by atoms with Crippen molar-refractivity contribution in [2.75, 3.05) is 30.8 Å². The molecule has 1 atom stereocenters. The fraction of sp³-hybridized carbons (Fsp3) is 0.500. The van der Waals surface area contributed by atoms with E-state index in [0.29, 0.717) is 16.1 Å². The fourth-order valence-electron chi connectivity index (χ4n) is 0.946. The van der Waals surface area contributed by atoms with Gasteiger partial charge in [0.15, 0.2) is 0 Å². The van der Waals surface area contributed by atoms with Gasteiger partial charge in [0.05, 0.1) is 12.7 Å². The first-order valence-electron chi connectivity index (χ1n) is 4.40. The van der Waals surface area contributed by atoms with Gasteiger partial charge in [-0.1, -0.05) is 0 Å². The normalized spacial score (nSPS) is 12.3. The molecule has 6 nitrogen and oxygen atoms in total.